The maximum Gasteiger partial charge on any atom is 0.250 e. The summed E-state index contributed by atoms with van der Waals surface area (Å²) < 4.78 is 30.9. The van der Waals surface area contributed by atoms with Gasteiger partial charge < -0.3 is 10.1 Å². The number of hydrogen-bond acceptors (Lipinski definition) is 4. The highest BCUT2D eigenvalue weighted by Crippen LogP contribution is 2.22. The Bertz CT molecular complexity index is 468. The van der Waals surface area contributed by atoms with E-state index in [2.05, 4.69) is 10.3 Å². The summed E-state index contributed by atoms with van der Waals surface area (Å²) in [6.07, 6.45) is -0.508. The zero-order valence-electron chi connectivity index (χ0n) is 8.61. The molecule has 0 amide bonds. The summed E-state index contributed by atoms with van der Waals surface area (Å²) >= 11 is 1.47. The van der Waals surface area contributed by atoms with E-state index in [0.29, 0.717) is 12.4 Å². The molecule has 0 spiro atoms. The molecule has 7 heteroatoms. The molecule has 4 nitrogen and oxygen atoms in total. The molecule has 2 aromatic heterocycles. The minimum atomic E-state index is -2.35. The van der Waals surface area contributed by atoms with Crippen LogP contribution < -0.4 is 10.1 Å². The van der Waals surface area contributed by atoms with Crippen LogP contribution in [0.2, 0.25) is 0 Å². The van der Waals surface area contributed by atoms with E-state index in [-0.39, 0.29) is 6.54 Å². The van der Waals surface area contributed by atoms with Crippen LogP contribution in [0.15, 0.2) is 11.6 Å². The largest absolute Gasteiger partial charge is 0.480 e. The lowest BCUT2D eigenvalue weighted by Gasteiger charge is -2.04. The van der Waals surface area contributed by atoms with E-state index in [0.717, 1.165) is 10.7 Å². The molecule has 88 valence electrons. The molecule has 2 aromatic rings. The second-order valence-electron chi connectivity index (χ2n) is 3.15. The van der Waals surface area contributed by atoms with Gasteiger partial charge in [-0.05, 0) is 0 Å². The number of alkyl halides is 2. The van der Waals surface area contributed by atoms with Gasteiger partial charge in [0.1, 0.15) is 5.69 Å². The second-order valence-corrected chi connectivity index (χ2v) is 4.02. The van der Waals surface area contributed by atoms with E-state index < -0.39 is 6.43 Å². The van der Waals surface area contributed by atoms with Crippen LogP contribution in [0.3, 0.4) is 0 Å². The molecule has 0 bridgehead atoms. The lowest BCUT2D eigenvalue weighted by atomic mass is 10.4. The summed E-state index contributed by atoms with van der Waals surface area (Å²) in [6.45, 7) is -0.0219. The fourth-order valence-electron chi connectivity index (χ4n) is 1.44. The number of nitrogens with zero attached hydrogens (tertiary/aromatic N) is 2. The zero-order valence-corrected chi connectivity index (χ0v) is 9.43. The molecule has 0 aromatic carbocycles. The van der Waals surface area contributed by atoms with Gasteiger partial charge in [0.25, 0.3) is 6.43 Å². The smallest absolute Gasteiger partial charge is 0.250 e. The van der Waals surface area contributed by atoms with Crippen molar-refractivity contribution < 1.29 is 13.5 Å². The van der Waals surface area contributed by atoms with E-state index in [1.54, 1.807) is 0 Å². The average molecular weight is 247 g/mol. The number of imidazole rings is 1. The number of ether oxygens (including phenoxy) is 1. The molecule has 1 N–H and O–H groups in total. The number of thiazole rings is 1. The van der Waals surface area contributed by atoms with E-state index in [4.69, 9.17) is 4.74 Å². The first-order valence-electron chi connectivity index (χ1n) is 4.69. The Morgan fingerprint density at radius 2 is 2.44 bits per heavy atom. The molecule has 0 saturated heterocycles. The first-order chi connectivity index (χ1) is 7.72. The van der Waals surface area contributed by atoms with Crippen molar-refractivity contribution in [1.29, 1.82) is 0 Å². The van der Waals surface area contributed by atoms with E-state index in [1.165, 1.54) is 18.4 Å². The number of hydrogen-bond donors (Lipinski definition) is 1. The molecule has 2 rings (SSSR count). The first-order valence-corrected chi connectivity index (χ1v) is 5.57. The van der Waals surface area contributed by atoms with Crippen molar-refractivity contribution in [3.05, 3.63) is 17.3 Å². The molecule has 0 aliphatic heterocycles. The fourth-order valence-corrected chi connectivity index (χ4v) is 2.16. The average Bonchev–Trinajstić information content (AvgIpc) is 2.79. The summed E-state index contributed by atoms with van der Waals surface area (Å²) in [7, 11) is 1.52. The molecule has 0 aliphatic rings. The van der Waals surface area contributed by atoms with Crippen LogP contribution in [-0.4, -0.2) is 29.5 Å². The quantitative estimate of drug-likeness (QED) is 0.875. The predicted octanol–water partition coefficient (Wildman–Crippen LogP) is 1.76. The summed E-state index contributed by atoms with van der Waals surface area (Å²) in [5, 5.41) is 4.54. The highest BCUT2D eigenvalue weighted by Gasteiger charge is 2.13. The van der Waals surface area contributed by atoms with Gasteiger partial charge in [0.05, 0.1) is 13.7 Å². The van der Waals surface area contributed by atoms with Crippen molar-refractivity contribution in [2.75, 3.05) is 13.7 Å². The minimum absolute atomic E-state index is 0.311. The maximum atomic E-state index is 12.0. The van der Waals surface area contributed by atoms with E-state index >= 15 is 0 Å². The molecule has 0 aliphatic carbocycles. The van der Waals surface area contributed by atoms with Gasteiger partial charge in [-0.15, -0.1) is 11.3 Å². The van der Waals surface area contributed by atoms with Crippen LogP contribution in [0.1, 0.15) is 5.69 Å². The highest BCUT2D eigenvalue weighted by molar-refractivity contribution is 7.15. The lowest BCUT2D eigenvalue weighted by Crippen LogP contribution is -2.21. The summed E-state index contributed by atoms with van der Waals surface area (Å²) in [5.41, 5.74) is 0.763. The van der Waals surface area contributed by atoms with Crippen molar-refractivity contribution in [3.63, 3.8) is 0 Å². The van der Waals surface area contributed by atoms with Gasteiger partial charge in [-0.2, -0.15) is 4.98 Å². The summed E-state index contributed by atoms with van der Waals surface area (Å²) in [4.78, 5) is 5.02. The SMILES string of the molecule is COc1nc2sccn2c1CNCC(F)F. The Kier molecular flexibility index (Phi) is 3.35. The second kappa shape index (κ2) is 4.75. The highest BCUT2D eigenvalue weighted by atomic mass is 32.1. The third-order valence-corrected chi connectivity index (χ3v) is 2.87. The molecule has 0 atom stereocenters. The lowest BCUT2D eigenvalue weighted by molar-refractivity contribution is 0.145. The Labute approximate surface area is 94.9 Å². The Hall–Kier alpha value is -1.21. The number of rotatable bonds is 5. The number of methoxy groups -OCH3 is 1. The van der Waals surface area contributed by atoms with Gasteiger partial charge in [0.2, 0.25) is 5.88 Å². The zero-order chi connectivity index (χ0) is 11.5. The summed E-state index contributed by atoms with van der Waals surface area (Å²) in [6, 6.07) is 0. The third-order valence-electron chi connectivity index (χ3n) is 2.11. The Morgan fingerprint density at radius 3 is 3.12 bits per heavy atom. The number of nitrogens with one attached hydrogen (secondary N) is 1. The van der Waals surface area contributed by atoms with Crippen LogP contribution in [0.5, 0.6) is 5.88 Å². The molecule has 0 fully saturated rings. The molecule has 2 heterocycles. The van der Waals surface area contributed by atoms with Gasteiger partial charge in [-0.1, -0.05) is 0 Å². The van der Waals surface area contributed by atoms with Gasteiger partial charge in [-0.25, -0.2) is 8.78 Å². The molecule has 16 heavy (non-hydrogen) atoms. The van der Waals surface area contributed by atoms with Crippen LogP contribution in [0, 0.1) is 0 Å². The first kappa shape index (κ1) is 11.3. The van der Waals surface area contributed by atoms with Crippen LogP contribution in [0.4, 0.5) is 8.78 Å². The number of halogens is 2. The topological polar surface area (TPSA) is 38.6 Å². The van der Waals surface area contributed by atoms with Gasteiger partial charge in [-0.3, -0.25) is 4.40 Å². The Morgan fingerprint density at radius 1 is 1.62 bits per heavy atom. The van der Waals surface area contributed by atoms with Crippen molar-refractivity contribution >= 4 is 16.3 Å². The fraction of sp³-hybridized carbons (Fsp3) is 0.444. The predicted molar refractivity (Wildman–Crippen MR) is 57.3 cm³/mol. The van der Waals surface area contributed by atoms with Crippen molar-refractivity contribution in [1.82, 2.24) is 14.7 Å². The van der Waals surface area contributed by atoms with Gasteiger partial charge >= 0.3 is 0 Å². The van der Waals surface area contributed by atoms with Crippen molar-refractivity contribution in [2.24, 2.45) is 0 Å². The van der Waals surface area contributed by atoms with Crippen LogP contribution in [-0.2, 0) is 6.54 Å². The van der Waals surface area contributed by atoms with Crippen molar-refractivity contribution in [3.8, 4) is 5.88 Å². The monoisotopic (exact) mass is 247 g/mol. The van der Waals surface area contributed by atoms with Gasteiger partial charge in [0, 0.05) is 18.1 Å². The summed E-state index contributed by atoms with van der Waals surface area (Å²) in [5.74, 6) is 0.480. The normalized spacial score (nSPS) is 11.5. The third kappa shape index (κ3) is 2.14. The minimum Gasteiger partial charge on any atom is -0.480 e. The molecular formula is C9H11F2N3OS. The Balaban J connectivity index is 2.16. The van der Waals surface area contributed by atoms with Gasteiger partial charge in [0.15, 0.2) is 4.96 Å². The molecule has 0 unspecified atom stereocenters. The van der Waals surface area contributed by atoms with Crippen LogP contribution in [0.25, 0.3) is 4.96 Å². The van der Waals surface area contributed by atoms with Crippen molar-refractivity contribution in [2.45, 2.75) is 13.0 Å². The van der Waals surface area contributed by atoms with E-state index in [1.807, 2.05) is 16.0 Å². The molecule has 0 radical (unpaired) electrons. The molecular weight excluding hydrogens is 236 g/mol. The van der Waals surface area contributed by atoms with E-state index in [9.17, 15) is 8.78 Å². The van der Waals surface area contributed by atoms with Crippen LogP contribution >= 0.6 is 11.3 Å². The number of fused-ring (bicyclic) bond motifs is 1. The number of aromatic nitrogens is 2. The molecule has 0 saturated carbocycles. The standard InChI is InChI=1S/C9H11F2N3OS/c1-15-8-6(4-12-5-7(10)11)14-2-3-16-9(14)13-8/h2-3,7,12H,4-5H2,1H3. The maximum absolute atomic E-state index is 12.0.